The molecule has 0 radical (unpaired) electrons. The first-order chi connectivity index (χ1) is 31.2. The Morgan fingerprint density at radius 3 is 1.35 bits per heavy atom. The van der Waals surface area contributed by atoms with Crippen molar-refractivity contribution < 1.29 is 0 Å². The summed E-state index contributed by atoms with van der Waals surface area (Å²) in [7, 11) is 0. The van der Waals surface area contributed by atoms with E-state index in [1.165, 1.54) is 88.7 Å². The molecule has 1 aliphatic rings. The van der Waals surface area contributed by atoms with E-state index in [-0.39, 0.29) is 0 Å². The van der Waals surface area contributed by atoms with Crippen molar-refractivity contribution in [1.29, 1.82) is 0 Å². The van der Waals surface area contributed by atoms with Gasteiger partial charge in [0, 0.05) is 55.9 Å². The van der Waals surface area contributed by atoms with Crippen molar-refractivity contribution in [2.24, 2.45) is 0 Å². The van der Waals surface area contributed by atoms with Gasteiger partial charge in [-0.1, -0.05) is 146 Å². The number of benzene rings is 9. The second-order valence-corrected chi connectivity index (χ2v) is 16.5. The van der Waals surface area contributed by atoms with Crippen LogP contribution in [-0.4, -0.2) is 9.13 Å². The second-order valence-electron chi connectivity index (χ2n) is 16.5. The molecule has 1 aliphatic carbocycles. The average Bonchev–Trinajstić information content (AvgIpc) is 3.88. The summed E-state index contributed by atoms with van der Waals surface area (Å²) in [6.07, 6.45) is 6.74. The molecule has 3 nitrogen and oxygen atoms in total. The van der Waals surface area contributed by atoms with Crippen molar-refractivity contribution in [3.63, 3.8) is 0 Å². The zero-order chi connectivity index (χ0) is 41.7. The Kier molecular flexibility index (Phi) is 8.97. The van der Waals surface area contributed by atoms with E-state index in [1.54, 1.807) is 0 Å². The minimum Gasteiger partial charge on any atom is -0.313 e. The molecule has 2 aromatic heterocycles. The molecule has 12 rings (SSSR count). The van der Waals surface area contributed by atoms with Gasteiger partial charge in [-0.3, -0.25) is 0 Å². The summed E-state index contributed by atoms with van der Waals surface area (Å²) < 4.78 is 4.82. The lowest BCUT2D eigenvalue weighted by Gasteiger charge is -2.26. The highest BCUT2D eigenvalue weighted by Gasteiger charge is 2.20. The van der Waals surface area contributed by atoms with E-state index in [0.29, 0.717) is 0 Å². The third kappa shape index (κ3) is 6.45. The highest BCUT2D eigenvalue weighted by Crippen LogP contribution is 2.41. The van der Waals surface area contributed by atoms with Crippen molar-refractivity contribution in [3.8, 4) is 44.8 Å². The fourth-order valence-electron chi connectivity index (χ4n) is 9.77. The molecule has 0 N–H and O–H groups in total. The van der Waals surface area contributed by atoms with Gasteiger partial charge in [0.2, 0.25) is 0 Å². The first-order valence-electron chi connectivity index (χ1n) is 21.9. The summed E-state index contributed by atoms with van der Waals surface area (Å²) in [5.74, 6) is 0. The second kappa shape index (κ2) is 15.4. The summed E-state index contributed by atoms with van der Waals surface area (Å²) in [5.41, 5.74) is 19.3. The number of para-hydroxylation sites is 3. The SMILES string of the molecule is C1=Cc2c(n(-c3ccccc3)c3ccc(-c4ccc(N(c5ccc(-c6ccccc6)cc5)c5ccc(-c6ccc7c(c6)c6ccccc6n7-c6ccccc6)cc5)cc4)cc23)CC1. The van der Waals surface area contributed by atoms with Crippen molar-refractivity contribution >= 4 is 55.8 Å². The number of anilines is 3. The highest BCUT2D eigenvalue weighted by atomic mass is 15.1. The Balaban J connectivity index is 0.915. The molecule has 2 heterocycles. The van der Waals surface area contributed by atoms with Gasteiger partial charge in [0.25, 0.3) is 0 Å². The van der Waals surface area contributed by atoms with Crippen LogP contribution in [0.5, 0.6) is 0 Å². The predicted octanol–water partition coefficient (Wildman–Crippen LogP) is 16.2. The summed E-state index contributed by atoms with van der Waals surface area (Å²) >= 11 is 0. The van der Waals surface area contributed by atoms with Gasteiger partial charge < -0.3 is 14.0 Å². The molecule has 0 fully saturated rings. The van der Waals surface area contributed by atoms with Gasteiger partial charge >= 0.3 is 0 Å². The molecule has 0 aliphatic heterocycles. The van der Waals surface area contributed by atoms with Crippen LogP contribution in [0.2, 0.25) is 0 Å². The lowest BCUT2D eigenvalue weighted by molar-refractivity contribution is 0.888. The maximum absolute atomic E-state index is 2.45. The van der Waals surface area contributed by atoms with Crippen LogP contribution in [0.3, 0.4) is 0 Å². The Bertz CT molecular complexity index is 3450. The van der Waals surface area contributed by atoms with Crippen LogP contribution in [-0.2, 0) is 6.42 Å². The van der Waals surface area contributed by atoms with Crippen LogP contribution in [0.4, 0.5) is 17.1 Å². The fraction of sp³-hybridized carbons (Fsp3) is 0.0333. The molecule has 9 aromatic carbocycles. The zero-order valence-electron chi connectivity index (χ0n) is 34.8. The zero-order valence-corrected chi connectivity index (χ0v) is 34.8. The van der Waals surface area contributed by atoms with Crippen LogP contribution < -0.4 is 4.90 Å². The van der Waals surface area contributed by atoms with Crippen LogP contribution in [0.15, 0.2) is 231 Å². The van der Waals surface area contributed by atoms with E-state index >= 15 is 0 Å². The molecule has 0 atom stereocenters. The number of rotatable bonds is 8. The third-order valence-corrected chi connectivity index (χ3v) is 12.8. The van der Waals surface area contributed by atoms with E-state index < -0.39 is 0 Å². The average molecular weight is 806 g/mol. The number of nitrogens with zero attached hydrogens (tertiary/aromatic N) is 3. The number of allylic oxidation sites excluding steroid dienone is 1. The lowest BCUT2D eigenvalue weighted by Crippen LogP contribution is -2.09. The molecule has 3 heteroatoms. The highest BCUT2D eigenvalue weighted by molar-refractivity contribution is 6.10. The van der Waals surface area contributed by atoms with Crippen molar-refractivity contribution in [3.05, 3.63) is 242 Å². The topological polar surface area (TPSA) is 13.1 Å². The third-order valence-electron chi connectivity index (χ3n) is 12.8. The van der Waals surface area contributed by atoms with Gasteiger partial charge in [-0.05, 0) is 137 Å². The molecule has 0 saturated carbocycles. The van der Waals surface area contributed by atoms with E-state index in [0.717, 1.165) is 29.9 Å². The maximum atomic E-state index is 2.45. The monoisotopic (exact) mass is 805 g/mol. The minimum absolute atomic E-state index is 1.04. The number of hydrogen-bond donors (Lipinski definition) is 0. The maximum Gasteiger partial charge on any atom is 0.0541 e. The molecule has 0 unspecified atom stereocenters. The summed E-state index contributed by atoms with van der Waals surface area (Å²) in [6, 6.07) is 81.6. The van der Waals surface area contributed by atoms with E-state index in [1.807, 2.05) is 0 Å². The van der Waals surface area contributed by atoms with Gasteiger partial charge in [0.15, 0.2) is 0 Å². The van der Waals surface area contributed by atoms with Gasteiger partial charge in [0.1, 0.15) is 0 Å². The van der Waals surface area contributed by atoms with E-state index in [2.05, 4.69) is 251 Å². The fourth-order valence-corrected chi connectivity index (χ4v) is 9.77. The Hall–Kier alpha value is -8.14. The summed E-state index contributed by atoms with van der Waals surface area (Å²) in [4.78, 5) is 2.36. The van der Waals surface area contributed by atoms with Crippen LogP contribution in [0, 0.1) is 0 Å². The summed E-state index contributed by atoms with van der Waals surface area (Å²) in [6.45, 7) is 0. The molecule has 0 amide bonds. The number of aromatic nitrogens is 2. The van der Waals surface area contributed by atoms with Gasteiger partial charge in [0.05, 0.1) is 16.6 Å². The molecule has 0 saturated heterocycles. The molecule has 63 heavy (non-hydrogen) atoms. The molecular weight excluding hydrogens is 763 g/mol. The van der Waals surface area contributed by atoms with E-state index in [4.69, 9.17) is 0 Å². The molecule has 11 aromatic rings. The van der Waals surface area contributed by atoms with Crippen molar-refractivity contribution in [1.82, 2.24) is 9.13 Å². The Morgan fingerprint density at radius 1 is 0.333 bits per heavy atom. The van der Waals surface area contributed by atoms with Gasteiger partial charge in [-0.2, -0.15) is 0 Å². The normalized spacial score (nSPS) is 12.3. The molecule has 298 valence electrons. The predicted molar refractivity (Wildman–Crippen MR) is 266 cm³/mol. The first kappa shape index (κ1) is 36.7. The van der Waals surface area contributed by atoms with Crippen LogP contribution >= 0.6 is 0 Å². The molecular formula is C60H43N3. The van der Waals surface area contributed by atoms with Gasteiger partial charge in [-0.15, -0.1) is 0 Å². The smallest absolute Gasteiger partial charge is 0.0541 e. The lowest BCUT2D eigenvalue weighted by atomic mass is 9.98. The van der Waals surface area contributed by atoms with Crippen LogP contribution in [0.25, 0.3) is 83.5 Å². The minimum atomic E-state index is 1.04. The molecule has 0 bridgehead atoms. The van der Waals surface area contributed by atoms with Crippen molar-refractivity contribution in [2.75, 3.05) is 4.90 Å². The number of fused-ring (bicyclic) bond motifs is 6. The Morgan fingerprint density at radius 2 is 0.762 bits per heavy atom. The van der Waals surface area contributed by atoms with Crippen molar-refractivity contribution in [2.45, 2.75) is 12.8 Å². The van der Waals surface area contributed by atoms with Crippen LogP contribution in [0.1, 0.15) is 17.7 Å². The largest absolute Gasteiger partial charge is 0.313 e. The Labute approximate surface area is 367 Å². The molecule has 0 spiro atoms. The first-order valence-corrected chi connectivity index (χ1v) is 21.9. The number of hydrogen-bond acceptors (Lipinski definition) is 1. The standard InChI is InChI=1S/C60H43N3/c1-4-14-42(15-5-1)43-24-32-50(33-25-43)61(51-34-26-44(27-35-51)46-30-38-59-55(40-46)53-20-10-12-22-57(53)62(59)48-16-6-2-7-17-48)52-36-28-45(29-37-52)47-31-39-60-56(41-47)54-21-11-13-23-58(54)63(60)49-18-8-3-9-19-49/h1-12,14-22,24-41H,13,23H2. The van der Waals surface area contributed by atoms with Gasteiger partial charge in [-0.25, -0.2) is 0 Å². The quantitative estimate of drug-likeness (QED) is 0.149. The summed E-state index contributed by atoms with van der Waals surface area (Å²) in [5, 5.41) is 3.80. The van der Waals surface area contributed by atoms with E-state index in [9.17, 15) is 0 Å².